The predicted molar refractivity (Wildman–Crippen MR) is 72.2 cm³/mol. The van der Waals surface area contributed by atoms with E-state index < -0.39 is 23.8 Å². The number of nitrogens with one attached hydrogen (secondary N) is 1. The minimum atomic E-state index is -1.40. The van der Waals surface area contributed by atoms with Crippen LogP contribution in [0.15, 0.2) is 18.2 Å². The lowest BCUT2D eigenvalue weighted by atomic mass is 10.1. The molecular formula is C13H14F3N5. The van der Waals surface area contributed by atoms with Crippen LogP contribution < -0.4 is 11.1 Å². The number of benzene rings is 1. The van der Waals surface area contributed by atoms with Crippen molar-refractivity contribution in [2.75, 3.05) is 11.1 Å². The number of alkyl halides is 1. The van der Waals surface area contributed by atoms with Crippen LogP contribution in [0.5, 0.6) is 0 Å². The minimum absolute atomic E-state index is 0.0409. The second-order valence-corrected chi connectivity index (χ2v) is 4.56. The van der Waals surface area contributed by atoms with E-state index in [1.165, 1.54) is 19.1 Å². The van der Waals surface area contributed by atoms with E-state index in [1.807, 2.05) is 0 Å². The molecule has 2 unspecified atom stereocenters. The lowest BCUT2D eigenvalue weighted by Gasteiger charge is -2.15. The number of hydrogen-bond acceptors (Lipinski definition) is 5. The van der Waals surface area contributed by atoms with E-state index in [9.17, 15) is 13.2 Å². The van der Waals surface area contributed by atoms with Crippen molar-refractivity contribution in [3.63, 3.8) is 0 Å². The van der Waals surface area contributed by atoms with Gasteiger partial charge in [-0.25, -0.2) is 13.2 Å². The van der Waals surface area contributed by atoms with Gasteiger partial charge in [0.2, 0.25) is 11.9 Å². The summed E-state index contributed by atoms with van der Waals surface area (Å²) in [6, 6.07) is 2.65. The second-order valence-electron chi connectivity index (χ2n) is 4.56. The maximum atomic E-state index is 13.2. The maximum Gasteiger partial charge on any atom is 0.228 e. The zero-order valence-corrected chi connectivity index (χ0v) is 11.4. The molecule has 1 heterocycles. The maximum absolute atomic E-state index is 13.2. The number of rotatable bonds is 4. The Morgan fingerprint density at radius 3 is 2.24 bits per heavy atom. The lowest BCUT2D eigenvalue weighted by Crippen LogP contribution is -2.13. The standard InChI is InChI=1S/C13H14F3N5/c1-6(14)11-19-12(17)21-13(20-11)18-7(2)8-3-9(15)5-10(16)4-8/h3-7H,1-2H3,(H3,17,18,19,20,21). The van der Waals surface area contributed by atoms with Gasteiger partial charge in [0.1, 0.15) is 11.6 Å². The topological polar surface area (TPSA) is 76.7 Å². The van der Waals surface area contributed by atoms with Gasteiger partial charge in [0.05, 0.1) is 6.04 Å². The molecule has 0 amide bonds. The molecule has 1 aromatic heterocycles. The molecule has 0 fully saturated rings. The van der Waals surface area contributed by atoms with E-state index in [1.54, 1.807) is 6.92 Å². The van der Waals surface area contributed by atoms with E-state index in [0.717, 1.165) is 6.07 Å². The second kappa shape index (κ2) is 5.94. The summed E-state index contributed by atoms with van der Waals surface area (Å²) in [7, 11) is 0. The molecule has 21 heavy (non-hydrogen) atoms. The highest BCUT2D eigenvalue weighted by molar-refractivity contribution is 5.35. The zero-order chi connectivity index (χ0) is 15.6. The normalized spacial score (nSPS) is 13.8. The summed E-state index contributed by atoms with van der Waals surface area (Å²) in [6.07, 6.45) is -1.40. The van der Waals surface area contributed by atoms with Crippen LogP contribution in [0, 0.1) is 11.6 Å². The van der Waals surface area contributed by atoms with Gasteiger partial charge in [-0.1, -0.05) is 0 Å². The van der Waals surface area contributed by atoms with Gasteiger partial charge < -0.3 is 11.1 Å². The van der Waals surface area contributed by atoms with Crippen LogP contribution in [0.25, 0.3) is 0 Å². The number of nitrogens with two attached hydrogens (primary N) is 1. The van der Waals surface area contributed by atoms with Gasteiger partial charge in [-0.15, -0.1) is 0 Å². The summed E-state index contributed by atoms with van der Waals surface area (Å²) in [5, 5.41) is 2.81. The van der Waals surface area contributed by atoms with Crippen LogP contribution in [-0.4, -0.2) is 15.0 Å². The minimum Gasteiger partial charge on any atom is -0.368 e. The highest BCUT2D eigenvalue weighted by Crippen LogP contribution is 2.21. The van der Waals surface area contributed by atoms with Crippen molar-refractivity contribution >= 4 is 11.9 Å². The van der Waals surface area contributed by atoms with Crippen molar-refractivity contribution < 1.29 is 13.2 Å². The van der Waals surface area contributed by atoms with Crippen LogP contribution >= 0.6 is 0 Å². The van der Waals surface area contributed by atoms with Gasteiger partial charge in [-0.05, 0) is 31.5 Å². The molecular weight excluding hydrogens is 283 g/mol. The van der Waals surface area contributed by atoms with E-state index in [4.69, 9.17) is 5.73 Å². The fourth-order valence-electron chi connectivity index (χ4n) is 1.75. The van der Waals surface area contributed by atoms with Crippen molar-refractivity contribution in [2.45, 2.75) is 26.1 Å². The summed E-state index contributed by atoms with van der Waals surface area (Å²) < 4.78 is 39.6. The quantitative estimate of drug-likeness (QED) is 0.907. The fraction of sp³-hybridized carbons (Fsp3) is 0.308. The molecule has 2 atom stereocenters. The van der Waals surface area contributed by atoms with Crippen LogP contribution in [0.2, 0.25) is 0 Å². The number of anilines is 2. The first-order chi connectivity index (χ1) is 9.85. The molecule has 112 valence electrons. The lowest BCUT2D eigenvalue weighted by molar-refractivity contribution is 0.356. The van der Waals surface area contributed by atoms with Crippen molar-refractivity contribution in [3.8, 4) is 0 Å². The molecule has 0 bridgehead atoms. The third-order valence-corrected chi connectivity index (χ3v) is 2.76. The Labute approximate surface area is 119 Å². The van der Waals surface area contributed by atoms with Gasteiger partial charge in [0.15, 0.2) is 12.0 Å². The first kappa shape index (κ1) is 15.0. The van der Waals surface area contributed by atoms with E-state index >= 15 is 0 Å². The highest BCUT2D eigenvalue weighted by atomic mass is 19.1. The Kier molecular flexibility index (Phi) is 4.25. The Hall–Kier alpha value is -2.38. The third kappa shape index (κ3) is 3.80. The molecule has 0 radical (unpaired) electrons. The van der Waals surface area contributed by atoms with Gasteiger partial charge in [-0.2, -0.15) is 15.0 Å². The number of nitrogens with zero attached hydrogens (tertiary/aromatic N) is 3. The summed E-state index contributed by atoms with van der Waals surface area (Å²) >= 11 is 0. The molecule has 1 aromatic carbocycles. The van der Waals surface area contributed by atoms with Crippen molar-refractivity contribution in [1.82, 2.24) is 15.0 Å². The molecule has 0 aliphatic carbocycles. The Morgan fingerprint density at radius 2 is 1.67 bits per heavy atom. The first-order valence-electron chi connectivity index (χ1n) is 6.23. The molecule has 2 aromatic rings. The molecule has 0 saturated carbocycles. The van der Waals surface area contributed by atoms with Gasteiger partial charge >= 0.3 is 0 Å². The van der Waals surface area contributed by atoms with Gasteiger partial charge in [0.25, 0.3) is 0 Å². The summed E-state index contributed by atoms with van der Waals surface area (Å²) in [4.78, 5) is 11.3. The molecule has 8 heteroatoms. The predicted octanol–water partition coefficient (Wildman–Crippen LogP) is 2.94. The number of halogens is 3. The number of nitrogen functional groups attached to an aromatic ring is 1. The van der Waals surface area contributed by atoms with Crippen LogP contribution in [0.4, 0.5) is 25.1 Å². The molecule has 0 spiro atoms. The van der Waals surface area contributed by atoms with Crippen molar-refractivity contribution in [3.05, 3.63) is 41.2 Å². The first-order valence-corrected chi connectivity index (χ1v) is 6.23. The monoisotopic (exact) mass is 297 g/mol. The Bertz CT molecular complexity index is 627. The average Bonchev–Trinajstić information content (AvgIpc) is 2.36. The number of aromatic nitrogens is 3. The summed E-state index contributed by atoms with van der Waals surface area (Å²) in [5.41, 5.74) is 5.83. The van der Waals surface area contributed by atoms with Crippen LogP contribution in [0.3, 0.4) is 0 Å². The fourth-order valence-corrected chi connectivity index (χ4v) is 1.75. The van der Waals surface area contributed by atoms with Crippen molar-refractivity contribution in [2.24, 2.45) is 0 Å². The summed E-state index contributed by atoms with van der Waals surface area (Å²) in [5.74, 6) is -1.58. The SMILES string of the molecule is CC(F)c1nc(N)nc(NC(C)c2cc(F)cc(F)c2)n1. The van der Waals surface area contributed by atoms with Gasteiger partial charge in [0, 0.05) is 6.07 Å². The average molecular weight is 297 g/mol. The Balaban J connectivity index is 2.24. The molecule has 5 nitrogen and oxygen atoms in total. The van der Waals surface area contributed by atoms with E-state index in [-0.39, 0.29) is 17.7 Å². The van der Waals surface area contributed by atoms with E-state index in [0.29, 0.717) is 5.56 Å². The zero-order valence-electron chi connectivity index (χ0n) is 11.4. The molecule has 3 N–H and O–H groups in total. The summed E-state index contributed by atoms with van der Waals surface area (Å²) in [6.45, 7) is 2.93. The molecule has 0 aliphatic heterocycles. The molecule has 0 aliphatic rings. The van der Waals surface area contributed by atoms with E-state index in [2.05, 4.69) is 20.3 Å². The van der Waals surface area contributed by atoms with Gasteiger partial charge in [-0.3, -0.25) is 0 Å². The molecule has 2 rings (SSSR count). The van der Waals surface area contributed by atoms with Crippen LogP contribution in [0.1, 0.15) is 37.4 Å². The number of hydrogen-bond donors (Lipinski definition) is 2. The van der Waals surface area contributed by atoms with Crippen molar-refractivity contribution in [1.29, 1.82) is 0 Å². The Morgan fingerprint density at radius 1 is 1.05 bits per heavy atom. The molecule has 0 saturated heterocycles. The third-order valence-electron chi connectivity index (χ3n) is 2.76. The largest absolute Gasteiger partial charge is 0.368 e. The highest BCUT2D eigenvalue weighted by Gasteiger charge is 2.14. The van der Waals surface area contributed by atoms with Crippen LogP contribution in [-0.2, 0) is 0 Å². The smallest absolute Gasteiger partial charge is 0.228 e.